The van der Waals surface area contributed by atoms with Gasteiger partial charge in [-0.05, 0) is 78.7 Å². The zero-order chi connectivity index (χ0) is 52.6. The first kappa shape index (κ1) is 53.9. The molecule has 2 saturated heterocycles. The van der Waals surface area contributed by atoms with Gasteiger partial charge in [-0.3, -0.25) is 28.8 Å². The van der Waals surface area contributed by atoms with Crippen LogP contribution in [0.25, 0.3) is 21.6 Å². The van der Waals surface area contributed by atoms with Crippen LogP contribution in [0, 0.1) is 12.3 Å². The number of carbonyl (C=O) groups is 5. The molecule has 0 spiro atoms. The van der Waals surface area contributed by atoms with E-state index >= 15 is 0 Å². The number of amides is 5. The minimum atomic E-state index is -4.94. The summed E-state index contributed by atoms with van der Waals surface area (Å²) in [5, 5.41) is 22.0. The molecule has 0 aliphatic carbocycles. The number of aromatic nitrogens is 2. The van der Waals surface area contributed by atoms with Crippen LogP contribution < -0.4 is 31.7 Å². The Kier molecular flexibility index (Phi) is 17.2. The van der Waals surface area contributed by atoms with E-state index in [9.17, 15) is 47.0 Å². The number of carbonyl (C=O) groups excluding carboxylic acids is 5. The van der Waals surface area contributed by atoms with E-state index < -0.39 is 58.3 Å². The molecule has 7 rings (SSSR count). The number of pyridine rings is 1. The van der Waals surface area contributed by atoms with Gasteiger partial charge in [0.05, 0.1) is 44.7 Å². The van der Waals surface area contributed by atoms with E-state index in [2.05, 4.69) is 36.1 Å². The number of alkyl halides is 3. The molecule has 4 heterocycles. The number of aliphatic hydroxyl groups is 1. The van der Waals surface area contributed by atoms with Gasteiger partial charge < -0.3 is 46.1 Å². The lowest BCUT2D eigenvalue weighted by molar-refractivity contribution is -0.144. The fourth-order valence-corrected chi connectivity index (χ4v) is 9.75. The number of likely N-dealkylation sites (tertiary alicyclic amines) is 1. The number of H-pyrrole nitrogens is 1. The largest absolute Gasteiger partial charge is 0.417 e. The number of likely N-dealkylation sites (N-methyl/N-ethyl adjacent to an activating group) is 1. The number of benzene rings is 3. The minimum Gasteiger partial charge on any atom is -0.391 e. The number of thiazole rings is 1. The SMILES string of the molecule is Cc1ncsc1-c1ccc(CNC(=O)C2CC(O)CN2C(=O)C(NC(=O)CCCCCNC(=O)c2ccc(-c3ccc(N4CCN(C)CC4)c(NC(=O)c4c[nH]c(=O)cc4C(F)(F)F)c3)cc2)C(C)(C)C)cc1. The first-order valence-electron chi connectivity index (χ1n) is 24.3. The van der Waals surface area contributed by atoms with Crippen LogP contribution in [0.5, 0.6) is 0 Å². The number of piperazine rings is 1. The summed E-state index contributed by atoms with van der Waals surface area (Å²) in [4.78, 5) is 92.2. The van der Waals surface area contributed by atoms with Gasteiger partial charge in [-0.15, -0.1) is 11.3 Å². The highest BCUT2D eigenvalue weighted by atomic mass is 32.1. The van der Waals surface area contributed by atoms with Crippen molar-refractivity contribution in [3.05, 3.63) is 123 Å². The predicted octanol–water partition coefficient (Wildman–Crippen LogP) is 6.60. The van der Waals surface area contributed by atoms with E-state index in [1.807, 2.05) is 70.0 Å². The Morgan fingerprint density at radius 1 is 0.863 bits per heavy atom. The van der Waals surface area contributed by atoms with Gasteiger partial charge in [-0.1, -0.05) is 69.7 Å². The van der Waals surface area contributed by atoms with Crippen LogP contribution >= 0.6 is 11.3 Å². The van der Waals surface area contributed by atoms with E-state index in [4.69, 9.17) is 0 Å². The lowest BCUT2D eigenvalue weighted by atomic mass is 9.85. The van der Waals surface area contributed by atoms with Gasteiger partial charge in [0, 0.05) is 76.5 Å². The number of halogens is 3. The number of nitrogens with zero attached hydrogens (tertiary/aromatic N) is 4. The molecular weight excluding hydrogens is 964 g/mol. The van der Waals surface area contributed by atoms with Crippen LogP contribution in [0.15, 0.2) is 89.3 Å². The summed E-state index contributed by atoms with van der Waals surface area (Å²) in [6.45, 7) is 10.7. The molecule has 388 valence electrons. The van der Waals surface area contributed by atoms with Gasteiger partial charge in [0.2, 0.25) is 23.3 Å². The Hall–Kier alpha value is -6.90. The molecule has 3 unspecified atom stereocenters. The van der Waals surface area contributed by atoms with E-state index in [1.165, 1.54) is 4.90 Å². The quantitative estimate of drug-likeness (QED) is 0.0551. The second-order valence-electron chi connectivity index (χ2n) is 19.7. The number of aromatic amines is 1. The molecule has 2 fully saturated rings. The number of unbranched alkanes of at least 4 members (excludes halogenated alkanes) is 2. The lowest BCUT2D eigenvalue weighted by Gasteiger charge is -2.35. The van der Waals surface area contributed by atoms with Crippen LogP contribution in [0.1, 0.15) is 90.4 Å². The molecule has 2 aliphatic heterocycles. The summed E-state index contributed by atoms with van der Waals surface area (Å²) in [6, 6.07) is 18.4. The molecule has 6 N–H and O–H groups in total. The van der Waals surface area contributed by atoms with Crippen LogP contribution in [0.2, 0.25) is 0 Å². The molecule has 0 saturated carbocycles. The third-order valence-electron chi connectivity index (χ3n) is 13.1. The molecule has 2 aromatic heterocycles. The smallest absolute Gasteiger partial charge is 0.391 e. The Balaban J connectivity index is 0.885. The minimum absolute atomic E-state index is 0.0351. The number of aryl methyl sites for hydroxylation is 1. The average Bonchev–Trinajstić information content (AvgIpc) is 3.98. The first-order valence-corrected chi connectivity index (χ1v) is 25.2. The molecule has 5 aromatic rings. The van der Waals surface area contributed by atoms with Crippen LogP contribution in [-0.2, 0) is 27.1 Å². The maximum Gasteiger partial charge on any atom is 0.417 e. The van der Waals surface area contributed by atoms with Gasteiger partial charge in [-0.2, -0.15) is 13.2 Å². The van der Waals surface area contributed by atoms with Crippen LogP contribution in [0.4, 0.5) is 24.5 Å². The highest BCUT2D eigenvalue weighted by Crippen LogP contribution is 2.36. The van der Waals surface area contributed by atoms with Crippen molar-refractivity contribution in [3.8, 4) is 21.6 Å². The fraction of sp³-hybridized carbons (Fsp3) is 0.415. The second-order valence-corrected chi connectivity index (χ2v) is 20.5. The number of rotatable bonds is 17. The van der Waals surface area contributed by atoms with Crippen molar-refractivity contribution in [3.63, 3.8) is 0 Å². The first-order chi connectivity index (χ1) is 34.7. The topological polar surface area (TPSA) is 209 Å². The summed E-state index contributed by atoms with van der Waals surface area (Å²) in [5.74, 6) is -2.52. The van der Waals surface area contributed by atoms with Gasteiger partial charge in [0.15, 0.2) is 0 Å². The molecule has 0 bridgehead atoms. The van der Waals surface area contributed by atoms with Crippen molar-refractivity contribution >= 4 is 52.2 Å². The Morgan fingerprint density at radius 3 is 2.21 bits per heavy atom. The number of β-amino-alcohol motifs (C(OH)–C–C–N with tert-alkyl or cyclic N) is 1. The molecule has 2 aliphatic rings. The summed E-state index contributed by atoms with van der Waals surface area (Å²) in [7, 11) is 1.99. The van der Waals surface area contributed by atoms with Crippen molar-refractivity contribution in [1.82, 2.24) is 35.7 Å². The lowest BCUT2D eigenvalue weighted by Crippen LogP contribution is -2.57. The highest BCUT2D eigenvalue weighted by Gasteiger charge is 2.44. The zero-order valence-electron chi connectivity index (χ0n) is 41.5. The molecule has 73 heavy (non-hydrogen) atoms. The van der Waals surface area contributed by atoms with Gasteiger partial charge >= 0.3 is 6.18 Å². The summed E-state index contributed by atoms with van der Waals surface area (Å²) in [6.07, 6.45) is -3.19. The van der Waals surface area contributed by atoms with Gasteiger partial charge in [-0.25, -0.2) is 4.98 Å². The third kappa shape index (κ3) is 13.8. The molecular formula is C53H62F3N9O7S. The summed E-state index contributed by atoms with van der Waals surface area (Å²) >= 11 is 1.56. The normalized spacial score (nSPS) is 16.7. The third-order valence-corrected chi connectivity index (χ3v) is 14.1. The summed E-state index contributed by atoms with van der Waals surface area (Å²) < 4.78 is 41.6. The van der Waals surface area contributed by atoms with E-state index in [0.29, 0.717) is 67.3 Å². The van der Waals surface area contributed by atoms with Crippen molar-refractivity contribution < 1.29 is 42.3 Å². The molecule has 3 aromatic carbocycles. The van der Waals surface area contributed by atoms with Crippen LogP contribution in [0.3, 0.4) is 0 Å². The van der Waals surface area contributed by atoms with Gasteiger partial charge in [0.25, 0.3) is 11.8 Å². The number of anilines is 2. The van der Waals surface area contributed by atoms with E-state index in [-0.39, 0.29) is 49.3 Å². The Morgan fingerprint density at radius 2 is 1.55 bits per heavy atom. The average molecular weight is 1030 g/mol. The van der Waals surface area contributed by atoms with Crippen molar-refractivity contribution in [2.24, 2.45) is 5.41 Å². The highest BCUT2D eigenvalue weighted by molar-refractivity contribution is 7.13. The number of hydrogen-bond acceptors (Lipinski definition) is 11. The molecule has 16 nitrogen and oxygen atoms in total. The maximum atomic E-state index is 14.1. The molecule has 3 atom stereocenters. The summed E-state index contributed by atoms with van der Waals surface area (Å²) in [5.41, 5.74) is 3.49. The molecule has 5 amide bonds. The Bertz CT molecular complexity index is 2840. The zero-order valence-corrected chi connectivity index (χ0v) is 42.3. The monoisotopic (exact) mass is 1030 g/mol. The van der Waals surface area contributed by atoms with Crippen molar-refractivity contribution in [2.75, 3.05) is 56.5 Å². The maximum absolute atomic E-state index is 14.1. The fourth-order valence-electron chi connectivity index (χ4n) is 8.94. The van der Waals surface area contributed by atoms with Crippen molar-refractivity contribution in [1.29, 1.82) is 0 Å². The van der Waals surface area contributed by atoms with Crippen LogP contribution in [-0.4, -0.2) is 119 Å². The van der Waals surface area contributed by atoms with E-state index in [0.717, 1.165) is 41.0 Å². The number of nitrogens with one attached hydrogen (secondary N) is 5. The van der Waals surface area contributed by atoms with E-state index in [1.54, 1.807) is 53.2 Å². The molecule has 20 heteroatoms. The number of aliphatic hydroxyl groups excluding tert-OH is 1. The predicted molar refractivity (Wildman–Crippen MR) is 274 cm³/mol. The molecule has 0 radical (unpaired) electrons. The van der Waals surface area contributed by atoms with Gasteiger partial charge in [0.1, 0.15) is 12.1 Å². The second kappa shape index (κ2) is 23.3. The van der Waals surface area contributed by atoms with Crippen molar-refractivity contribution in [2.45, 2.75) is 90.7 Å². The standard InChI is InChI=1S/C53H62F3N9O7S/c1-32-46(73-31-60-32)35-12-10-33(11-13-35)28-59-50(71)43-26-38(66)30-65(43)51(72)47(52(2,3)4)62-44(67)9-7-6-8-20-57-48(69)36-16-14-34(15-17-36)37-18-19-42(64-23-21-63(5)22-24-64)41(25-37)61-49(70)39-29-58-45(68)27-40(39)53(54,55)56/h10-19,25,27,29,31,38,43,47,66H,6-9,20-24,26,28,30H2,1-5H3,(H,57,69)(H,58,68)(H,59,71)(H,61,70)(H,62,67). The number of hydrogen-bond donors (Lipinski definition) is 6. The Labute approximate surface area is 425 Å².